The van der Waals surface area contributed by atoms with Crippen molar-refractivity contribution in [3.8, 4) is 5.75 Å². The lowest BCUT2D eigenvalue weighted by Crippen LogP contribution is -2.61. The zero-order chi connectivity index (χ0) is 33.8. The highest BCUT2D eigenvalue weighted by Gasteiger charge is 2.41. The number of rotatable bonds is 16. The molecular formula is C34H44Cl2N4O7. The number of piperazine rings is 1. The van der Waals surface area contributed by atoms with Gasteiger partial charge in [-0.05, 0) is 61.6 Å². The van der Waals surface area contributed by atoms with E-state index in [0.29, 0.717) is 54.8 Å². The van der Waals surface area contributed by atoms with E-state index in [4.69, 9.17) is 37.4 Å². The molecule has 1 atom stereocenters. The Balaban J connectivity index is 1.50. The Morgan fingerprint density at radius 1 is 1.00 bits per heavy atom. The SMILES string of the molecule is CCOC(=O)CN(CCc1ccc(OC)cc1)C(=O)CC1C(=O)N(CCc2ccc(Cl)cc2Cl)CC(=O)N1CCCN1CCOCC1. The van der Waals surface area contributed by atoms with Gasteiger partial charge < -0.3 is 28.9 Å². The average Bonchev–Trinajstić information content (AvgIpc) is 3.06. The summed E-state index contributed by atoms with van der Waals surface area (Å²) in [4.78, 5) is 60.7. The number of ether oxygens (including phenoxy) is 3. The molecule has 0 N–H and O–H groups in total. The molecule has 2 aromatic rings. The van der Waals surface area contributed by atoms with Crippen molar-refractivity contribution in [1.29, 1.82) is 0 Å². The highest BCUT2D eigenvalue weighted by Crippen LogP contribution is 2.23. The van der Waals surface area contributed by atoms with Crippen molar-refractivity contribution in [2.45, 2.75) is 38.6 Å². The van der Waals surface area contributed by atoms with Crippen LogP contribution in [0.25, 0.3) is 0 Å². The average molecular weight is 692 g/mol. The lowest BCUT2D eigenvalue weighted by molar-refractivity contribution is -0.159. The van der Waals surface area contributed by atoms with E-state index in [-0.39, 0.29) is 51.0 Å². The minimum absolute atomic E-state index is 0.0870. The molecule has 0 bridgehead atoms. The van der Waals surface area contributed by atoms with Crippen molar-refractivity contribution in [3.63, 3.8) is 0 Å². The van der Waals surface area contributed by atoms with E-state index in [2.05, 4.69) is 4.90 Å². The second-order valence-electron chi connectivity index (χ2n) is 11.6. The predicted octanol–water partition coefficient (Wildman–Crippen LogP) is 3.33. The van der Waals surface area contributed by atoms with Crippen LogP contribution in [0.3, 0.4) is 0 Å². The summed E-state index contributed by atoms with van der Waals surface area (Å²) in [6.45, 7) is 6.06. The van der Waals surface area contributed by atoms with Crippen molar-refractivity contribution >= 4 is 46.9 Å². The number of carbonyl (C=O) groups is 4. The summed E-state index contributed by atoms with van der Waals surface area (Å²) in [5.74, 6) is -0.753. The van der Waals surface area contributed by atoms with Crippen LogP contribution in [0.2, 0.25) is 10.0 Å². The molecule has 2 heterocycles. The molecule has 2 fully saturated rings. The number of nitrogens with zero attached hydrogens (tertiary/aromatic N) is 4. The quantitative estimate of drug-likeness (QED) is 0.247. The number of benzene rings is 2. The first-order chi connectivity index (χ1) is 22.7. The van der Waals surface area contributed by atoms with E-state index >= 15 is 0 Å². The number of hydrogen-bond acceptors (Lipinski definition) is 8. The molecule has 2 aromatic carbocycles. The molecule has 1 unspecified atom stereocenters. The topological polar surface area (TPSA) is 109 Å². The monoisotopic (exact) mass is 690 g/mol. The van der Waals surface area contributed by atoms with Crippen LogP contribution in [0.1, 0.15) is 30.9 Å². The lowest BCUT2D eigenvalue weighted by atomic mass is 10.0. The second kappa shape index (κ2) is 18.2. The molecule has 0 aliphatic carbocycles. The summed E-state index contributed by atoms with van der Waals surface area (Å²) in [5.41, 5.74) is 1.75. The molecule has 2 aliphatic rings. The minimum Gasteiger partial charge on any atom is -0.497 e. The molecule has 0 spiro atoms. The number of morpholine rings is 1. The Labute approximate surface area is 286 Å². The van der Waals surface area contributed by atoms with Gasteiger partial charge in [0.25, 0.3) is 0 Å². The Bertz CT molecular complexity index is 1370. The predicted molar refractivity (Wildman–Crippen MR) is 179 cm³/mol. The highest BCUT2D eigenvalue weighted by molar-refractivity contribution is 6.35. The maximum atomic E-state index is 14.0. The van der Waals surface area contributed by atoms with Crippen LogP contribution in [-0.2, 0) is 41.5 Å². The van der Waals surface area contributed by atoms with Gasteiger partial charge in [-0.25, -0.2) is 0 Å². The normalized spacial score (nSPS) is 17.1. The van der Waals surface area contributed by atoms with E-state index in [1.165, 1.54) is 9.80 Å². The van der Waals surface area contributed by atoms with Crippen LogP contribution >= 0.6 is 23.2 Å². The molecule has 0 radical (unpaired) electrons. The number of esters is 1. The maximum Gasteiger partial charge on any atom is 0.325 e. The standard InChI is InChI=1S/C34H44Cl2N4O7/c1-3-47-33(43)24-38(15-11-25-5-9-28(45-2)10-6-25)31(41)22-30-34(44)39(16-12-26-7-8-27(35)21-29(26)36)23-32(42)40(30)14-4-13-37-17-19-46-20-18-37/h5-10,21,30H,3-4,11-20,22-24H2,1-2H3. The number of carbonyl (C=O) groups excluding carboxylic acids is 4. The van der Waals surface area contributed by atoms with Crippen molar-refractivity contribution in [3.05, 3.63) is 63.6 Å². The van der Waals surface area contributed by atoms with Crippen LogP contribution in [0.4, 0.5) is 0 Å². The van der Waals surface area contributed by atoms with Gasteiger partial charge in [0.05, 0.1) is 39.9 Å². The van der Waals surface area contributed by atoms with Crippen molar-refractivity contribution in [2.75, 3.05) is 79.3 Å². The third-order valence-electron chi connectivity index (χ3n) is 8.44. The van der Waals surface area contributed by atoms with Gasteiger partial charge in [-0.2, -0.15) is 0 Å². The van der Waals surface area contributed by atoms with Gasteiger partial charge >= 0.3 is 5.97 Å². The molecule has 256 valence electrons. The molecule has 0 aromatic heterocycles. The number of hydrogen-bond donors (Lipinski definition) is 0. The summed E-state index contributed by atoms with van der Waals surface area (Å²) in [5, 5.41) is 0.991. The van der Waals surface area contributed by atoms with Gasteiger partial charge in [0.2, 0.25) is 17.7 Å². The van der Waals surface area contributed by atoms with Crippen LogP contribution in [-0.4, -0.2) is 129 Å². The van der Waals surface area contributed by atoms with Gasteiger partial charge in [0, 0.05) is 49.3 Å². The van der Waals surface area contributed by atoms with Crippen molar-refractivity contribution < 1.29 is 33.4 Å². The van der Waals surface area contributed by atoms with Crippen molar-refractivity contribution in [2.24, 2.45) is 0 Å². The van der Waals surface area contributed by atoms with Crippen molar-refractivity contribution in [1.82, 2.24) is 19.6 Å². The molecule has 2 saturated heterocycles. The Hall–Kier alpha value is -3.38. The van der Waals surface area contributed by atoms with E-state index in [9.17, 15) is 19.2 Å². The summed E-state index contributed by atoms with van der Waals surface area (Å²) >= 11 is 12.4. The Kier molecular flexibility index (Phi) is 14.1. The van der Waals surface area contributed by atoms with Gasteiger partial charge in [0.15, 0.2) is 0 Å². The number of halogens is 2. The van der Waals surface area contributed by atoms with Crippen LogP contribution < -0.4 is 4.74 Å². The lowest BCUT2D eigenvalue weighted by Gasteiger charge is -2.41. The zero-order valence-electron chi connectivity index (χ0n) is 27.1. The summed E-state index contributed by atoms with van der Waals surface area (Å²) in [6, 6.07) is 11.6. The van der Waals surface area contributed by atoms with E-state index in [1.807, 2.05) is 24.3 Å². The molecule has 13 heteroatoms. The summed E-state index contributed by atoms with van der Waals surface area (Å²) < 4.78 is 15.8. The molecule has 2 aliphatic heterocycles. The fourth-order valence-corrected chi connectivity index (χ4v) is 6.29. The van der Waals surface area contributed by atoms with Gasteiger partial charge in [-0.15, -0.1) is 0 Å². The first-order valence-electron chi connectivity index (χ1n) is 16.1. The Morgan fingerprint density at radius 3 is 2.43 bits per heavy atom. The van der Waals surface area contributed by atoms with Crippen LogP contribution in [0, 0.1) is 0 Å². The Morgan fingerprint density at radius 2 is 1.74 bits per heavy atom. The number of methoxy groups -OCH3 is 1. The van der Waals surface area contributed by atoms with Crippen LogP contribution in [0.15, 0.2) is 42.5 Å². The minimum atomic E-state index is -1.00. The molecular weight excluding hydrogens is 647 g/mol. The van der Waals surface area contributed by atoms with Gasteiger partial charge in [-0.1, -0.05) is 41.4 Å². The molecule has 3 amide bonds. The smallest absolute Gasteiger partial charge is 0.325 e. The van der Waals surface area contributed by atoms with Gasteiger partial charge in [-0.3, -0.25) is 24.1 Å². The molecule has 4 rings (SSSR count). The largest absolute Gasteiger partial charge is 0.497 e. The highest BCUT2D eigenvalue weighted by atomic mass is 35.5. The zero-order valence-corrected chi connectivity index (χ0v) is 28.6. The number of amides is 3. The maximum absolute atomic E-state index is 14.0. The summed E-state index contributed by atoms with van der Waals surface area (Å²) in [6.07, 6.45) is 1.30. The van der Waals surface area contributed by atoms with E-state index in [0.717, 1.165) is 30.8 Å². The molecule has 47 heavy (non-hydrogen) atoms. The third kappa shape index (κ3) is 10.8. The first-order valence-corrected chi connectivity index (χ1v) is 16.8. The fraction of sp³-hybridized carbons (Fsp3) is 0.529. The summed E-state index contributed by atoms with van der Waals surface area (Å²) in [7, 11) is 1.59. The van der Waals surface area contributed by atoms with E-state index in [1.54, 1.807) is 37.1 Å². The van der Waals surface area contributed by atoms with Crippen LogP contribution in [0.5, 0.6) is 5.75 Å². The fourth-order valence-electron chi connectivity index (χ4n) is 5.79. The molecule has 0 saturated carbocycles. The first kappa shape index (κ1) is 36.5. The second-order valence-corrected chi connectivity index (χ2v) is 12.4. The van der Waals surface area contributed by atoms with E-state index < -0.39 is 17.9 Å². The molecule has 11 nitrogen and oxygen atoms in total. The third-order valence-corrected chi connectivity index (χ3v) is 9.03. The van der Waals surface area contributed by atoms with Gasteiger partial charge in [0.1, 0.15) is 18.3 Å².